The molecular formula is C23H33N5O3S. The van der Waals surface area contributed by atoms with Crippen LogP contribution in [0.15, 0.2) is 24.4 Å². The summed E-state index contributed by atoms with van der Waals surface area (Å²) < 4.78 is 27.7. The Morgan fingerprint density at radius 3 is 2.53 bits per heavy atom. The average Bonchev–Trinajstić information content (AvgIpc) is 3.43. The highest BCUT2D eigenvalue weighted by Gasteiger charge is 2.34. The van der Waals surface area contributed by atoms with E-state index in [0.717, 1.165) is 35.9 Å². The predicted octanol–water partition coefficient (Wildman–Crippen LogP) is 2.22. The van der Waals surface area contributed by atoms with Gasteiger partial charge in [-0.2, -0.15) is 5.10 Å². The van der Waals surface area contributed by atoms with E-state index in [1.165, 1.54) is 0 Å². The van der Waals surface area contributed by atoms with Gasteiger partial charge in [0.2, 0.25) is 5.91 Å². The van der Waals surface area contributed by atoms with Crippen LogP contribution in [0, 0.1) is 13.8 Å². The van der Waals surface area contributed by atoms with Crippen molar-refractivity contribution in [2.75, 3.05) is 37.7 Å². The van der Waals surface area contributed by atoms with E-state index in [-0.39, 0.29) is 29.5 Å². The molecule has 32 heavy (non-hydrogen) atoms. The summed E-state index contributed by atoms with van der Waals surface area (Å²) in [5.74, 6) is 1.56. The van der Waals surface area contributed by atoms with Gasteiger partial charge in [0.25, 0.3) is 0 Å². The van der Waals surface area contributed by atoms with Gasteiger partial charge in [-0.15, -0.1) is 0 Å². The molecule has 2 aliphatic rings. The molecule has 0 aromatic carbocycles. The molecule has 4 rings (SSSR count). The predicted molar refractivity (Wildman–Crippen MR) is 126 cm³/mol. The Morgan fingerprint density at radius 1 is 1.19 bits per heavy atom. The molecule has 1 unspecified atom stereocenters. The summed E-state index contributed by atoms with van der Waals surface area (Å²) in [6.45, 7) is 11.1. The lowest BCUT2D eigenvalue weighted by atomic mass is 10.2. The van der Waals surface area contributed by atoms with Gasteiger partial charge in [0.05, 0.1) is 17.7 Å². The molecule has 2 fully saturated rings. The van der Waals surface area contributed by atoms with Crippen LogP contribution in [0.5, 0.6) is 0 Å². The summed E-state index contributed by atoms with van der Waals surface area (Å²) in [5, 5.41) is 4.44. The van der Waals surface area contributed by atoms with Crippen molar-refractivity contribution in [3.05, 3.63) is 41.4 Å². The van der Waals surface area contributed by atoms with Crippen LogP contribution in [0.3, 0.4) is 0 Å². The van der Waals surface area contributed by atoms with Gasteiger partial charge in [0, 0.05) is 61.8 Å². The SMILES string of the molecule is Cc1cc(/C=C/C(=O)N2CCN(C3CCS(=O)(=O)C3)CC2)c(C)n1-c1ccnn1C(C)C. The van der Waals surface area contributed by atoms with Crippen molar-refractivity contribution in [3.63, 3.8) is 0 Å². The second kappa shape index (κ2) is 8.86. The largest absolute Gasteiger partial charge is 0.337 e. The molecular weight excluding hydrogens is 426 g/mol. The monoisotopic (exact) mass is 459 g/mol. The summed E-state index contributed by atoms with van der Waals surface area (Å²) >= 11 is 0. The van der Waals surface area contributed by atoms with Crippen LogP contribution in [-0.4, -0.2) is 82.2 Å². The Labute approximate surface area is 190 Å². The molecule has 2 aromatic heterocycles. The molecule has 2 saturated heterocycles. The normalized spacial score (nSPS) is 21.8. The zero-order chi connectivity index (χ0) is 23.0. The topological polar surface area (TPSA) is 80.4 Å². The number of rotatable bonds is 5. The highest BCUT2D eigenvalue weighted by Crippen LogP contribution is 2.24. The Morgan fingerprint density at radius 2 is 1.91 bits per heavy atom. The molecule has 0 bridgehead atoms. The van der Waals surface area contributed by atoms with Gasteiger partial charge in [-0.05, 0) is 51.8 Å². The second-order valence-corrected chi connectivity index (χ2v) is 11.4. The van der Waals surface area contributed by atoms with E-state index in [4.69, 9.17) is 0 Å². The van der Waals surface area contributed by atoms with E-state index in [0.29, 0.717) is 19.5 Å². The smallest absolute Gasteiger partial charge is 0.246 e. The molecule has 0 N–H and O–H groups in total. The highest BCUT2D eigenvalue weighted by atomic mass is 32.2. The van der Waals surface area contributed by atoms with Gasteiger partial charge in [0.1, 0.15) is 5.82 Å². The Bertz CT molecular complexity index is 1120. The summed E-state index contributed by atoms with van der Waals surface area (Å²) in [6.07, 6.45) is 6.07. The molecule has 0 radical (unpaired) electrons. The molecule has 8 nitrogen and oxygen atoms in total. The number of hydrogen-bond acceptors (Lipinski definition) is 5. The van der Waals surface area contributed by atoms with Crippen molar-refractivity contribution in [3.8, 4) is 5.82 Å². The maximum Gasteiger partial charge on any atom is 0.246 e. The summed E-state index contributed by atoms with van der Waals surface area (Å²) in [6, 6.07) is 4.46. The number of sulfone groups is 1. The fraction of sp³-hybridized carbons (Fsp3) is 0.565. The minimum Gasteiger partial charge on any atom is -0.337 e. The molecule has 2 aliphatic heterocycles. The van der Waals surface area contributed by atoms with Crippen LogP contribution in [0.4, 0.5) is 0 Å². The third kappa shape index (κ3) is 4.54. The molecule has 1 atom stereocenters. The number of carbonyl (C=O) groups is 1. The lowest BCUT2D eigenvalue weighted by molar-refractivity contribution is -0.127. The maximum absolute atomic E-state index is 12.8. The molecule has 9 heteroatoms. The minimum atomic E-state index is -2.88. The highest BCUT2D eigenvalue weighted by molar-refractivity contribution is 7.91. The number of piperazine rings is 1. The Balaban J connectivity index is 1.41. The van der Waals surface area contributed by atoms with Crippen LogP contribution in [0.1, 0.15) is 43.3 Å². The van der Waals surface area contributed by atoms with Gasteiger partial charge >= 0.3 is 0 Å². The van der Waals surface area contributed by atoms with Crippen LogP contribution in [0.25, 0.3) is 11.9 Å². The van der Waals surface area contributed by atoms with Gasteiger partial charge in [-0.25, -0.2) is 13.1 Å². The van der Waals surface area contributed by atoms with Crippen molar-refractivity contribution in [2.45, 2.75) is 46.2 Å². The first-order valence-electron chi connectivity index (χ1n) is 11.3. The summed E-state index contributed by atoms with van der Waals surface area (Å²) in [7, 11) is -2.88. The van der Waals surface area contributed by atoms with Crippen LogP contribution in [-0.2, 0) is 14.6 Å². The van der Waals surface area contributed by atoms with E-state index < -0.39 is 9.84 Å². The summed E-state index contributed by atoms with van der Waals surface area (Å²) in [4.78, 5) is 16.9. The molecule has 2 aromatic rings. The van der Waals surface area contributed by atoms with Gasteiger partial charge < -0.3 is 9.47 Å². The number of aryl methyl sites for hydroxylation is 1. The average molecular weight is 460 g/mol. The number of carbonyl (C=O) groups excluding carboxylic acids is 1. The first-order chi connectivity index (χ1) is 15.2. The first-order valence-corrected chi connectivity index (χ1v) is 13.1. The van der Waals surface area contributed by atoms with Gasteiger partial charge in [-0.3, -0.25) is 9.69 Å². The Kier molecular flexibility index (Phi) is 6.31. The number of aromatic nitrogens is 3. The fourth-order valence-corrected chi connectivity index (χ4v) is 6.59. The number of amides is 1. The molecule has 174 valence electrons. The lowest BCUT2D eigenvalue weighted by Crippen LogP contribution is -2.52. The zero-order valence-electron chi connectivity index (χ0n) is 19.4. The van der Waals surface area contributed by atoms with Crippen LogP contribution in [0.2, 0.25) is 0 Å². The zero-order valence-corrected chi connectivity index (χ0v) is 20.2. The van der Waals surface area contributed by atoms with E-state index >= 15 is 0 Å². The van der Waals surface area contributed by atoms with Crippen LogP contribution < -0.4 is 0 Å². The maximum atomic E-state index is 12.8. The summed E-state index contributed by atoms with van der Waals surface area (Å²) in [5.41, 5.74) is 3.18. The van der Waals surface area contributed by atoms with Crippen molar-refractivity contribution >= 4 is 21.8 Å². The fourth-order valence-electron chi connectivity index (χ4n) is 4.83. The third-order valence-corrected chi connectivity index (χ3v) is 8.34. The van der Waals surface area contributed by atoms with E-state index in [9.17, 15) is 13.2 Å². The molecule has 1 amide bonds. The number of nitrogens with zero attached hydrogens (tertiary/aromatic N) is 5. The van der Waals surface area contributed by atoms with E-state index in [1.807, 2.05) is 27.9 Å². The standard InChI is InChI=1S/C23H33N5O3S/c1-17(2)28-22(7-9-24-28)27-18(3)15-20(19(27)4)5-6-23(29)26-12-10-25(11-13-26)21-8-14-32(30,31)16-21/h5-7,9,15,17,21H,8,10-14,16H2,1-4H3/b6-5+. The minimum absolute atomic E-state index is 0.000666. The van der Waals surface area contributed by atoms with Crippen LogP contribution >= 0.6 is 0 Å². The third-order valence-electron chi connectivity index (χ3n) is 6.59. The molecule has 0 spiro atoms. The molecule has 4 heterocycles. The van der Waals surface area contributed by atoms with Crippen molar-refractivity contribution in [1.82, 2.24) is 24.1 Å². The van der Waals surface area contributed by atoms with Gasteiger partial charge in [-0.1, -0.05) is 0 Å². The second-order valence-electron chi connectivity index (χ2n) is 9.14. The quantitative estimate of drug-likeness (QED) is 0.641. The lowest BCUT2D eigenvalue weighted by Gasteiger charge is -2.37. The van der Waals surface area contributed by atoms with Crippen molar-refractivity contribution in [2.24, 2.45) is 0 Å². The molecule has 0 aliphatic carbocycles. The van der Waals surface area contributed by atoms with Crippen molar-refractivity contribution < 1.29 is 13.2 Å². The molecule has 0 saturated carbocycles. The first kappa shape index (κ1) is 22.8. The van der Waals surface area contributed by atoms with E-state index in [1.54, 1.807) is 6.08 Å². The van der Waals surface area contributed by atoms with Gasteiger partial charge in [0.15, 0.2) is 9.84 Å². The van der Waals surface area contributed by atoms with E-state index in [2.05, 4.69) is 48.3 Å². The number of hydrogen-bond donors (Lipinski definition) is 0. The Hall–Kier alpha value is -2.39. The van der Waals surface area contributed by atoms with Crippen molar-refractivity contribution in [1.29, 1.82) is 0 Å².